The standard InChI is InChI=1S/C25H18F3N5O4/c26-25(27,28)13-5-6-21-30-17(10-32(21)8-13)24(35)33-9-15-16(12-36-20(15)11-33)23(34)31-22-14-3-1-2-4-18(14)37-19(22)7-29/h1-6,8,10,15-16,20H,9,11-12H2,(H,31,34)/t15-,16-,20+/m0/s1. The highest BCUT2D eigenvalue weighted by molar-refractivity contribution is 6.03. The van der Waals surface area contributed by atoms with E-state index in [4.69, 9.17) is 9.15 Å². The summed E-state index contributed by atoms with van der Waals surface area (Å²) in [5, 5.41) is 12.8. The molecule has 3 atom stereocenters. The van der Waals surface area contributed by atoms with Crippen molar-refractivity contribution in [2.24, 2.45) is 11.8 Å². The van der Waals surface area contributed by atoms with E-state index in [1.54, 1.807) is 24.3 Å². The predicted octanol–water partition coefficient (Wildman–Crippen LogP) is 3.70. The van der Waals surface area contributed by atoms with Gasteiger partial charge in [0.25, 0.3) is 5.91 Å². The Bertz CT molecular complexity index is 1600. The number of imidazole rings is 1. The van der Waals surface area contributed by atoms with Crippen LogP contribution in [0.25, 0.3) is 16.6 Å². The topological polar surface area (TPSA) is 113 Å². The first-order valence-electron chi connectivity index (χ1n) is 11.4. The summed E-state index contributed by atoms with van der Waals surface area (Å²) in [6, 6.07) is 11.0. The number of benzene rings is 1. The van der Waals surface area contributed by atoms with Crippen LogP contribution in [0.2, 0.25) is 0 Å². The van der Waals surface area contributed by atoms with Gasteiger partial charge >= 0.3 is 6.18 Å². The number of alkyl halides is 3. The molecule has 0 radical (unpaired) electrons. The maximum Gasteiger partial charge on any atom is 0.417 e. The summed E-state index contributed by atoms with van der Waals surface area (Å²) in [5.74, 6) is -1.67. The number of likely N-dealkylation sites (tertiary alicyclic amines) is 1. The molecule has 2 fully saturated rings. The minimum atomic E-state index is -4.52. The van der Waals surface area contributed by atoms with Crippen LogP contribution in [0.5, 0.6) is 0 Å². The SMILES string of the molecule is N#Cc1oc2ccccc2c1NC(=O)[C@H]1CO[C@@H]2CN(C(=O)c3cn4cc(C(F)(F)F)ccc4n3)C[C@@H]12. The maximum absolute atomic E-state index is 13.2. The molecule has 188 valence electrons. The average molecular weight is 509 g/mol. The Kier molecular flexibility index (Phi) is 5.20. The third kappa shape index (κ3) is 3.88. The number of carbonyl (C=O) groups excluding carboxylic acids is 2. The van der Waals surface area contributed by atoms with Crippen molar-refractivity contribution in [1.82, 2.24) is 14.3 Å². The second-order valence-corrected chi connectivity index (χ2v) is 9.06. The Labute approximate surface area is 207 Å². The number of fused-ring (bicyclic) bond motifs is 3. The molecule has 4 aromatic rings. The number of nitriles is 1. The quantitative estimate of drug-likeness (QED) is 0.451. The molecule has 2 aliphatic rings. The van der Waals surface area contributed by atoms with E-state index < -0.39 is 23.6 Å². The van der Waals surface area contributed by atoms with Gasteiger partial charge in [-0.1, -0.05) is 12.1 Å². The van der Waals surface area contributed by atoms with E-state index in [9.17, 15) is 28.0 Å². The van der Waals surface area contributed by atoms with Crippen molar-refractivity contribution in [3.8, 4) is 6.07 Å². The van der Waals surface area contributed by atoms with E-state index in [1.165, 1.54) is 21.6 Å². The Morgan fingerprint density at radius 1 is 1.14 bits per heavy atom. The van der Waals surface area contributed by atoms with Gasteiger partial charge in [-0.15, -0.1) is 0 Å². The summed E-state index contributed by atoms with van der Waals surface area (Å²) in [6.07, 6.45) is -2.74. The fourth-order valence-corrected chi connectivity index (χ4v) is 5.04. The zero-order chi connectivity index (χ0) is 25.9. The van der Waals surface area contributed by atoms with Crippen LogP contribution < -0.4 is 5.32 Å². The van der Waals surface area contributed by atoms with Crippen LogP contribution in [0.15, 0.2) is 53.2 Å². The van der Waals surface area contributed by atoms with Crippen LogP contribution in [-0.4, -0.2) is 51.9 Å². The lowest BCUT2D eigenvalue weighted by atomic mass is 9.92. The van der Waals surface area contributed by atoms with Gasteiger partial charge in [0.1, 0.15) is 28.7 Å². The smallest absolute Gasteiger partial charge is 0.417 e. The second-order valence-electron chi connectivity index (χ2n) is 9.06. The molecule has 2 saturated heterocycles. The number of nitrogens with zero attached hydrogens (tertiary/aromatic N) is 4. The van der Waals surface area contributed by atoms with Crippen LogP contribution >= 0.6 is 0 Å². The minimum Gasteiger partial charge on any atom is -0.443 e. The zero-order valence-corrected chi connectivity index (χ0v) is 19.0. The number of ether oxygens (including phenoxy) is 1. The molecule has 0 aliphatic carbocycles. The number of hydrogen-bond donors (Lipinski definition) is 1. The van der Waals surface area contributed by atoms with Gasteiger partial charge in [-0.3, -0.25) is 9.59 Å². The molecule has 0 unspecified atom stereocenters. The monoisotopic (exact) mass is 509 g/mol. The molecule has 2 aliphatic heterocycles. The number of aromatic nitrogens is 2. The van der Waals surface area contributed by atoms with E-state index >= 15 is 0 Å². The third-order valence-corrected chi connectivity index (χ3v) is 6.88. The van der Waals surface area contributed by atoms with Crippen molar-refractivity contribution in [3.05, 3.63) is 65.8 Å². The predicted molar refractivity (Wildman–Crippen MR) is 122 cm³/mol. The van der Waals surface area contributed by atoms with Gasteiger partial charge in [-0.2, -0.15) is 18.4 Å². The highest BCUT2D eigenvalue weighted by Crippen LogP contribution is 2.37. The van der Waals surface area contributed by atoms with Crippen molar-refractivity contribution in [3.63, 3.8) is 0 Å². The Hall–Kier alpha value is -4.37. The van der Waals surface area contributed by atoms with E-state index in [0.29, 0.717) is 16.7 Å². The lowest BCUT2D eigenvalue weighted by molar-refractivity contribution is -0.137. The highest BCUT2D eigenvalue weighted by atomic mass is 19.4. The lowest BCUT2D eigenvalue weighted by Crippen LogP contribution is -2.34. The molecule has 0 spiro atoms. The number of furan rings is 1. The molecule has 9 nitrogen and oxygen atoms in total. The highest BCUT2D eigenvalue weighted by Gasteiger charge is 2.48. The van der Waals surface area contributed by atoms with Crippen LogP contribution in [-0.2, 0) is 15.7 Å². The molecule has 6 rings (SSSR count). The van der Waals surface area contributed by atoms with Gasteiger partial charge in [0, 0.05) is 36.8 Å². The van der Waals surface area contributed by atoms with Crippen LogP contribution in [0.1, 0.15) is 21.8 Å². The maximum atomic E-state index is 13.2. The van der Waals surface area contributed by atoms with Gasteiger partial charge in [0.2, 0.25) is 11.7 Å². The van der Waals surface area contributed by atoms with Crippen molar-refractivity contribution in [1.29, 1.82) is 5.26 Å². The molecular weight excluding hydrogens is 491 g/mol. The third-order valence-electron chi connectivity index (χ3n) is 6.88. The van der Waals surface area contributed by atoms with Crippen LogP contribution in [0, 0.1) is 23.2 Å². The number of amides is 2. The summed E-state index contributed by atoms with van der Waals surface area (Å²) >= 11 is 0. The molecular formula is C25H18F3N5O4. The Morgan fingerprint density at radius 3 is 2.73 bits per heavy atom. The van der Waals surface area contributed by atoms with Gasteiger partial charge in [0.15, 0.2) is 0 Å². The van der Waals surface area contributed by atoms with Gasteiger partial charge in [-0.05, 0) is 24.3 Å². The number of anilines is 1. The summed E-state index contributed by atoms with van der Waals surface area (Å²) in [4.78, 5) is 32.0. The molecule has 0 saturated carbocycles. The van der Waals surface area contributed by atoms with E-state index in [1.807, 2.05) is 6.07 Å². The number of nitrogens with one attached hydrogen (secondary N) is 1. The molecule has 1 aromatic carbocycles. The summed E-state index contributed by atoms with van der Waals surface area (Å²) in [6.45, 7) is 0.614. The first-order chi connectivity index (χ1) is 17.7. The fraction of sp³-hybridized carbons (Fsp3) is 0.280. The first kappa shape index (κ1) is 23.1. The lowest BCUT2D eigenvalue weighted by Gasteiger charge is -2.18. The zero-order valence-electron chi connectivity index (χ0n) is 19.0. The van der Waals surface area contributed by atoms with E-state index in [-0.39, 0.29) is 54.7 Å². The van der Waals surface area contributed by atoms with Crippen molar-refractivity contribution >= 4 is 34.1 Å². The van der Waals surface area contributed by atoms with E-state index in [0.717, 1.165) is 12.3 Å². The first-order valence-corrected chi connectivity index (χ1v) is 11.4. The molecule has 5 heterocycles. The van der Waals surface area contributed by atoms with E-state index in [2.05, 4.69) is 10.3 Å². The van der Waals surface area contributed by atoms with Crippen molar-refractivity contribution in [2.75, 3.05) is 25.0 Å². The normalized spacial score (nSPS) is 21.4. The Balaban J connectivity index is 1.19. The molecule has 2 amide bonds. The van der Waals surface area contributed by atoms with Crippen molar-refractivity contribution in [2.45, 2.75) is 12.3 Å². The largest absolute Gasteiger partial charge is 0.443 e. The molecule has 1 N–H and O–H groups in total. The molecule has 3 aromatic heterocycles. The van der Waals surface area contributed by atoms with Gasteiger partial charge < -0.3 is 23.8 Å². The van der Waals surface area contributed by atoms with Crippen LogP contribution in [0.3, 0.4) is 0 Å². The summed E-state index contributed by atoms with van der Waals surface area (Å²) in [7, 11) is 0. The van der Waals surface area contributed by atoms with Gasteiger partial charge in [-0.25, -0.2) is 4.98 Å². The minimum absolute atomic E-state index is 0.00354. The number of pyridine rings is 1. The molecule has 0 bridgehead atoms. The summed E-state index contributed by atoms with van der Waals surface area (Å²) in [5.41, 5.74) is 0.135. The number of para-hydroxylation sites is 1. The number of rotatable bonds is 3. The average Bonchev–Trinajstić information content (AvgIpc) is 3.63. The fourth-order valence-electron chi connectivity index (χ4n) is 5.04. The van der Waals surface area contributed by atoms with Crippen LogP contribution in [0.4, 0.5) is 18.9 Å². The number of halogens is 3. The van der Waals surface area contributed by atoms with Crippen molar-refractivity contribution < 1.29 is 31.9 Å². The summed E-state index contributed by atoms with van der Waals surface area (Å²) < 4.78 is 51.6. The molecule has 12 heteroatoms. The Morgan fingerprint density at radius 2 is 1.95 bits per heavy atom. The number of carbonyl (C=O) groups is 2. The second kappa shape index (κ2) is 8.35. The van der Waals surface area contributed by atoms with Gasteiger partial charge in [0.05, 0.1) is 24.2 Å². The number of hydrogen-bond acceptors (Lipinski definition) is 6. The molecule has 37 heavy (non-hydrogen) atoms.